The van der Waals surface area contributed by atoms with Crippen LogP contribution in [0.5, 0.6) is 0 Å². The van der Waals surface area contributed by atoms with Crippen molar-refractivity contribution < 1.29 is 16.8 Å². The molecule has 8 nitrogen and oxygen atoms in total. The number of hydrogen-bond acceptors (Lipinski definition) is 6. The van der Waals surface area contributed by atoms with E-state index in [0.29, 0.717) is 0 Å². The van der Waals surface area contributed by atoms with E-state index in [9.17, 15) is 16.8 Å². The van der Waals surface area contributed by atoms with Crippen molar-refractivity contribution in [1.29, 1.82) is 0 Å². The molecule has 0 atom stereocenters. The van der Waals surface area contributed by atoms with Gasteiger partial charge in [0.2, 0.25) is 20.0 Å². The van der Waals surface area contributed by atoms with Crippen LogP contribution in [0.15, 0.2) is 0 Å². The molecule has 10 heteroatoms. The predicted octanol–water partition coefficient (Wildman–Crippen LogP) is -2.99. The Balaban J connectivity index is 3.77. The third-order valence-electron chi connectivity index (χ3n) is 0.660. The van der Waals surface area contributed by atoms with Crippen molar-refractivity contribution in [3.05, 3.63) is 0 Å². The van der Waals surface area contributed by atoms with Gasteiger partial charge in [0, 0.05) is 12.1 Å². The van der Waals surface area contributed by atoms with Gasteiger partial charge in [0.05, 0.1) is 12.5 Å². The summed E-state index contributed by atoms with van der Waals surface area (Å²) in [5.41, 5.74) is 4.03. The van der Waals surface area contributed by atoms with Gasteiger partial charge in [0.25, 0.3) is 0 Å². The van der Waals surface area contributed by atoms with Crippen LogP contribution in [0.3, 0.4) is 0 Å². The predicted molar refractivity (Wildman–Crippen MR) is 50.0 cm³/mol. The lowest BCUT2D eigenvalue weighted by Gasteiger charge is -1.98. The molecule has 0 heterocycles. The fraction of sp³-hybridized carbons (Fsp3) is 0.500. The molecule has 0 fully saturated rings. The maximum Gasteiger partial charge on any atom is 0.225 e. The SMILES string of the molecule is CS(=O)(=O)NNC#CNNS(C)(=O)=O. The third-order valence-corrected chi connectivity index (χ3v) is 1.61. The topological polar surface area (TPSA) is 116 Å². The number of rotatable bonds is 4. The number of nitrogens with one attached hydrogen (secondary N) is 4. The van der Waals surface area contributed by atoms with Gasteiger partial charge in [-0.3, -0.25) is 10.9 Å². The van der Waals surface area contributed by atoms with Gasteiger partial charge in [0.15, 0.2) is 0 Å². The van der Waals surface area contributed by atoms with Gasteiger partial charge in [-0.2, -0.15) is 0 Å². The lowest BCUT2D eigenvalue weighted by atomic mass is 11.1. The Morgan fingerprint density at radius 1 is 0.786 bits per heavy atom. The Morgan fingerprint density at radius 3 is 1.29 bits per heavy atom. The summed E-state index contributed by atoms with van der Waals surface area (Å²) in [6, 6.07) is 4.17. The van der Waals surface area contributed by atoms with Gasteiger partial charge < -0.3 is 0 Å². The minimum atomic E-state index is -3.37. The second-order valence-electron chi connectivity index (χ2n) is 2.25. The third kappa shape index (κ3) is 11.0. The summed E-state index contributed by atoms with van der Waals surface area (Å²) in [6.07, 6.45) is 1.87. The molecule has 0 aliphatic heterocycles. The average molecular weight is 242 g/mol. The molecule has 0 bridgehead atoms. The normalized spacial score (nSPS) is 11.3. The van der Waals surface area contributed by atoms with Crippen LogP contribution in [0.2, 0.25) is 0 Å². The van der Waals surface area contributed by atoms with Crippen molar-refractivity contribution in [2.24, 2.45) is 0 Å². The first kappa shape index (κ1) is 13.0. The van der Waals surface area contributed by atoms with E-state index in [0.717, 1.165) is 12.5 Å². The number of hydrogen-bond donors (Lipinski definition) is 4. The van der Waals surface area contributed by atoms with Gasteiger partial charge in [-0.05, 0) is 0 Å². The van der Waals surface area contributed by atoms with Gasteiger partial charge in [-0.1, -0.05) is 0 Å². The van der Waals surface area contributed by atoms with E-state index in [-0.39, 0.29) is 0 Å². The average Bonchev–Trinajstić information content (AvgIpc) is 1.92. The summed E-state index contributed by atoms with van der Waals surface area (Å²) in [5, 5.41) is 0. The molecule has 0 radical (unpaired) electrons. The van der Waals surface area contributed by atoms with Crippen LogP contribution in [-0.4, -0.2) is 29.3 Å². The molecule has 0 aliphatic rings. The fourth-order valence-electron chi connectivity index (χ4n) is 0.299. The fourth-order valence-corrected chi connectivity index (χ4v) is 0.772. The molecule has 0 rings (SSSR count). The molecule has 0 saturated carbocycles. The Morgan fingerprint density at radius 2 is 1.07 bits per heavy atom. The first-order valence-electron chi connectivity index (χ1n) is 3.14. The smallest absolute Gasteiger partial charge is 0.225 e. The lowest BCUT2D eigenvalue weighted by Crippen LogP contribution is -2.35. The molecule has 0 unspecified atom stereocenters. The summed E-state index contributed by atoms with van der Waals surface area (Å²) in [7, 11) is -6.74. The number of hydrazine groups is 2. The second-order valence-corrected chi connectivity index (χ2v) is 5.75. The van der Waals surface area contributed by atoms with Crippen molar-refractivity contribution >= 4 is 20.0 Å². The van der Waals surface area contributed by atoms with E-state index in [1.54, 1.807) is 0 Å². The van der Waals surface area contributed by atoms with E-state index in [2.05, 4.69) is 12.1 Å². The van der Waals surface area contributed by atoms with Gasteiger partial charge in [-0.25, -0.2) is 16.8 Å². The summed E-state index contributed by atoms with van der Waals surface area (Å²) in [5.74, 6) is 0. The molecule has 0 saturated heterocycles. The maximum absolute atomic E-state index is 10.4. The highest BCUT2D eigenvalue weighted by molar-refractivity contribution is 7.88. The molecule has 0 aliphatic carbocycles. The Kier molecular flexibility index (Phi) is 4.64. The lowest BCUT2D eigenvalue weighted by molar-refractivity contribution is 0.579. The molecule has 14 heavy (non-hydrogen) atoms. The highest BCUT2D eigenvalue weighted by Gasteiger charge is 1.95. The van der Waals surface area contributed by atoms with Crippen LogP contribution in [0.1, 0.15) is 0 Å². The molecule has 0 spiro atoms. The summed E-state index contributed by atoms with van der Waals surface area (Å²) >= 11 is 0. The first-order chi connectivity index (χ1) is 6.21. The standard InChI is InChI=1S/C4H10N4O4S2/c1-13(9,10)7-5-3-4-6-8-14(2,11)12/h5-8H,1-2H3. The first-order valence-corrected chi connectivity index (χ1v) is 6.92. The Hall–Kier alpha value is -1.02. The quantitative estimate of drug-likeness (QED) is 0.237. The van der Waals surface area contributed by atoms with E-state index in [1.807, 2.05) is 20.5 Å². The minimum Gasteiger partial charge on any atom is -0.265 e. The van der Waals surface area contributed by atoms with Crippen molar-refractivity contribution in [3.63, 3.8) is 0 Å². The van der Waals surface area contributed by atoms with Crippen LogP contribution in [-0.2, 0) is 20.0 Å². The molecule has 0 amide bonds. The zero-order chi connectivity index (χ0) is 11.2. The number of sulfonamides is 2. The zero-order valence-corrected chi connectivity index (χ0v) is 9.08. The van der Waals surface area contributed by atoms with E-state index in [4.69, 9.17) is 0 Å². The van der Waals surface area contributed by atoms with Crippen LogP contribution >= 0.6 is 0 Å². The summed E-state index contributed by atoms with van der Waals surface area (Å²) in [4.78, 5) is 3.70. The highest BCUT2D eigenvalue weighted by Crippen LogP contribution is 1.66. The molecule has 0 aromatic carbocycles. The molecule has 0 aromatic rings. The van der Waals surface area contributed by atoms with E-state index in [1.165, 1.54) is 0 Å². The van der Waals surface area contributed by atoms with Crippen LogP contribution < -0.4 is 20.5 Å². The van der Waals surface area contributed by atoms with Crippen LogP contribution in [0.25, 0.3) is 0 Å². The Bertz CT molecular complexity index is 388. The summed E-state index contributed by atoms with van der Waals surface area (Å²) < 4.78 is 41.8. The minimum absolute atomic E-state index is 0.934. The van der Waals surface area contributed by atoms with E-state index >= 15 is 0 Å². The second kappa shape index (κ2) is 5.01. The van der Waals surface area contributed by atoms with Gasteiger partial charge in [0.1, 0.15) is 0 Å². The van der Waals surface area contributed by atoms with Crippen molar-refractivity contribution in [3.8, 4) is 12.1 Å². The largest absolute Gasteiger partial charge is 0.265 e. The zero-order valence-electron chi connectivity index (χ0n) is 7.45. The van der Waals surface area contributed by atoms with E-state index < -0.39 is 20.0 Å². The summed E-state index contributed by atoms with van der Waals surface area (Å²) in [6.45, 7) is 0. The van der Waals surface area contributed by atoms with Gasteiger partial charge in [-0.15, -0.1) is 9.66 Å². The maximum atomic E-state index is 10.4. The molecule has 0 aromatic heterocycles. The molecule has 4 N–H and O–H groups in total. The van der Waals surface area contributed by atoms with Crippen molar-refractivity contribution in [2.45, 2.75) is 0 Å². The van der Waals surface area contributed by atoms with Crippen LogP contribution in [0, 0.1) is 12.1 Å². The molecular weight excluding hydrogens is 232 g/mol. The van der Waals surface area contributed by atoms with Crippen LogP contribution in [0.4, 0.5) is 0 Å². The molecule has 82 valence electrons. The van der Waals surface area contributed by atoms with Crippen molar-refractivity contribution in [1.82, 2.24) is 20.5 Å². The van der Waals surface area contributed by atoms with Crippen molar-refractivity contribution in [2.75, 3.05) is 12.5 Å². The van der Waals surface area contributed by atoms with Gasteiger partial charge >= 0.3 is 0 Å². The monoisotopic (exact) mass is 242 g/mol. The highest BCUT2D eigenvalue weighted by atomic mass is 32.2. The molecular formula is C4H10N4O4S2. The Labute approximate surface area is 82.5 Å².